The van der Waals surface area contributed by atoms with Gasteiger partial charge >= 0.3 is 0 Å². The van der Waals surface area contributed by atoms with Crippen LogP contribution in [-0.2, 0) is 0 Å². The highest BCUT2D eigenvalue weighted by molar-refractivity contribution is 5.42. The number of pyridine rings is 1. The molecule has 1 atom stereocenters. The Balaban J connectivity index is 1.76. The summed E-state index contributed by atoms with van der Waals surface area (Å²) in [5.41, 5.74) is 1.88. The van der Waals surface area contributed by atoms with E-state index in [4.69, 9.17) is 9.47 Å². The molecular weight excluding hydrogens is 268 g/mol. The highest BCUT2D eigenvalue weighted by Gasteiger charge is 2.06. The molecule has 2 rings (SSSR count). The number of aliphatic hydroxyl groups excluding tert-OH is 1. The molecule has 0 radical (unpaired) electrons. The Kier molecular flexibility index (Phi) is 5.40. The first-order valence-corrected chi connectivity index (χ1v) is 6.79. The number of benzene rings is 1. The van der Waals surface area contributed by atoms with Gasteiger partial charge in [-0.3, -0.25) is 0 Å². The number of aryl methyl sites for hydroxylation is 1. The number of ether oxygens (including phenoxy) is 2. The second-order valence-corrected chi connectivity index (χ2v) is 4.70. The molecule has 5 heteroatoms. The van der Waals surface area contributed by atoms with Crippen molar-refractivity contribution >= 4 is 5.69 Å². The van der Waals surface area contributed by atoms with Gasteiger partial charge in [0.1, 0.15) is 18.5 Å². The highest BCUT2D eigenvalue weighted by Crippen LogP contribution is 2.16. The predicted octanol–water partition coefficient (Wildman–Crippen LogP) is 2.25. The summed E-state index contributed by atoms with van der Waals surface area (Å²) >= 11 is 0. The Hall–Kier alpha value is -2.27. The van der Waals surface area contributed by atoms with E-state index in [1.165, 1.54) is 0 Å². The number of nitrogens with one attached hydrogen (secondary N) is 1. The first-order valence-electron chi connectivity index (χ1n) is 6.79. The number of rotatable bonds is 7. The Labute approximate surface area is 124 Å². The van der Waals surface area contributed by atoms with Crippen LogP contribution in [0.15, 0.2) is 42.6 Å². The van der Waals surface area contributed by atoms with Crippen LogP contribution in [0.4, 0.5) is 5.69 Å². The summed E-state index contributed by atoms with van der Waals surface area (Å²) in [6.07, 6.45) is 1.06. The van der Waals surface area contributed by atoms with Crippen molar-refractivity contribution in [3.63, 3.8) is 0 Å². The van der Waals surface area contributed by atoms with Crippen LogP contribution in [-0.4, -0.2) is 36.5 Å². The fourth-order valence-corrected chi connectivity index (χ4v) is 1.80. The fraction of sp³-hybridized carbons (Fsp3) is 0.312. The van der Waals surface area contributed by atoms with Crippen LogP contribution in [0.25, 0.3) is 0 Å². The van der Waals surface area contributed by atoms with E-state index >= 15 is 0 Å². The summed E-state index contributed by atoms with van der Waals surface area (Å²) in [5.74, 6) is 1.35. The molecular formula is C16H20N2O3. The van der Waals surface area contributed by atoms with E-state index in [1.54, 1.807) is 19.4 Å². The van der Waals surface area contributed by atoms with Crippen molar-refractivity contribution in [2.45, 2.75) is 13.0 Å². The third-order valence-electron chi connectivity index (χ3n) is 3.01. The molecule has 0 fully saturated rings. The Morgan fingerprint density at radius 2 is 2.05 bits per heavy atom. The van der Waals surface area contributed by atoms with E-state index in [9.17, 15) is 5.11 Å². The third-order valence-corrected chi connectivity index (χ3v) is 3.01. The molecule has 0 aliphatic rings. The van der Waals surface area contributed by atoms with Gasteiger partial charge in [-0.05, 0) is 24.6 Å². The predicted molar refractivity (Wildman–Crippen MR) is 82.0 cm³/mol. The van der Waals surface area contributed by atoms with Crippen LogP contribution >= 0.6 is 0 Å². The minimum atomic E-state index is -0.605. The van der Waals surface area contributed by atoms with Crippen molar-refractivity contribution in [2.75, 3.05) is 25.6 Å². The second kappa shape index (κ2) is 7.50. The van der Waals surface area contributed by atoms with Gasteiger partial charge in [0.05, 0.1) is 19.0 Å². The first-order chi connectivity index (χ1) is 10.2. The summed E-state index contributed by atoms with van der Waals surface area (Å²) in [5, 5.41) is 13.0. The zero-order valence-electron chi connectivity index (χ0n) is 12.2. The molecule has 2 aromatic rings. The molecule has 0 saturated carbocycles. The van der Waals surface area contributed by atoms with Crippen molar-refractivity contribution in [1.82, 2.24) is 4.98 Å². The van der Waals surface area contributed by atoms with Gasteiger partial charge in [0, 0.05) is 12.6 Å². The lowest BCUT2D eigenvalue weighted by atomic mass is 10.2. The van der Waals surface area contributed by atoms with Gasteiger partial charge < -0.3 is 19.9 Å². The van der Waals surface area contributed by atoms with Crippen LogP contribution < -0.4 is 14.8 Å². The van der Waals surface area contributed by atoms with E-state index in [-0.39, 0.29) is 6.61 Å². The molecule has 0 aliphatic carbocycles. The number of methoxy groups -OCH3 is 1. The quantitative estimate of drug-likeness (QED) is 0.818. The van der Waals surface area contributed by atoms with E-state index in [1.807, 2.05) is 37.3 Å². The Bertz CT molecular complexity index is 558. The minimum absolute atomic E-state index is 0.238. The molecule has 2 N–H and O–H groups in total. The molecule has 5 nitrogen and oxygen atoms in total. The summed E-state index contributed by atoms with van der Waals surface area (Å²) in [6.45, 7) is 2.60. The van der Waals surface area contributed by atoms with Crippen molar-refractivity contribution in [2.24, 2.45) is 0 Å². The van der Waals surface area contributed by atoms with Crippen LogP contribution in [0.5, 0.6) is 11.6 Å². The van der Waals surface area contributed by atoms with Gasteiger partial charge in [0.15, 0.2) is 0 Å². The van der Waals surface area contributed by atoms with E-state index in [0.29, 0.717) is 12.4 Å². The molecule has 1 heterocycles. The number of aliphatic hydroxyl groups is 1. The molecule has 21 heavy (non-hydrogen) atoms. The van der Waals surface area contributed by atoms with Crippen molar-refractivity contribution < 1.29 is 14.6 Å². The minimum Gasteiger partial charge on any atom is -0.491 e. The monoisotopic (exact) mass is 288 g/mol. The maximum atomic E-state index is 9.93. The zero-order valence-corrected chi connectivity index (χ0v) is 12.2. The van der Waals surface area contributed by atoms with Crippen LogP contribution in [0.2, 0.25) is 0 Å². The maximum absolute atomic E-state index is 9.93. The topological polar surface area (TPSA) is 63.6 Å². The summed E-state index contributed by atoms with van der Waals surface area (Å²) in [7, 11) is 1.57. The molecule has 0 bridgehead atoms. The standard InChI is InChI=1S/C16H20N2O3/c1-12-5-3-4-6-15(12)21-11-14(19)10-17-13-7-8-16(20-2)18-9-13/h3-9,14,17,19H,10-11H2,1-2H3. The first kappa shape index (κ1) is 15.1. The Morgan fingerprint density at radius 3 is 2.71 bits per heavy atom. The van der Waals surface area contributed by atoms with Gasteiger partial charge in [0.2, 0.25) is 5.88 Å². The zero-order chi connectivity index (χ0) is 15.1. The lowest BCUT2D eigenvalue weighted by molar-refractivity contribution is 0.117. The van der Waals surface area contributed by atoms with Gasteiger partial charge in [-0.25, -0.2) is 4.98 Å². The van der Waals surface area contributed by atoms with E-state index < -0.39 is 6.10 Å². The number of para-hydroxylation sites is 1. The summed E-state index contributed by atoms with van der Waals surface area (Å²) in [6, 6.07) is 11.3. The SMILES string of the molecule is COc1ccc(NCC(O)COc2ccccc2C)cn1. The van der Waals surface area contributed by atoms with Crippen molar-refractivity contribution in [1.29, 1.82) is 0 Å². The van der Waals surface area contributed by atoms with Gasteiger partial charge in [-0.15, -0.1) is 0 Å². The molecule has 1 aromatic carbocycles. The number of hydrogen-bond donors (Lipinski definition) is 2. The van der Waals surface area contributed by atoms with Crippen molar-refractivity contribution in [3.8, 4) is 11.6 Å². The second-order valence-electron chi connectivity index (χ2n) is 4.70. The molecule has 112 valence electrons. The van der Waals surface area contributed by atoms with Crippen LogP contribution in [0.1, 0.15) is 5.56 Å². The number of hydrogen-bond acceptors (Lipinski definition) is 5. The third kappa shape index (κ3) is 4.65. The van der Waals surface area contributed by atoms with Crippen LogP contribution in [0.3, 0.4) is 0 Å². The smallest absolute Gasteiger partial charge is 0.213 e. The van der Waals surface area contributed by atoms with E-state index in [2.05, 4.69) is 10.3 Å². The average molecular weight is 288 g/mol. The Morgan fingerprint density at radius 1 is 1.24 bits per heavy atom. The van der Waals surface area contributed by atoms with Gasteiger partial charge in [0.25, 0.3) is 0 Å². The maximum Gasteiger partial charge on any atom is 0.213 e. The summed E-state index contributed by atoms with van der Waals surface area (Å²) < 4.78 is 10.6. The van der Waals surface area contributed by atoms with Gasteiger partial charge in [-0.1, -0.05) is 18.2 Å². The highest BCUT2D eigenvalue weighted by atomic mass is 16.5. The van der Waals surface area contributed by atoms with Gasteiger partial charge in [-0.2, -0.15) is 0 Å². The number of anilines is 1. The van der Waals surface area contributed by atoms with Crippen molar-refractivity contribution in [3.05, 3.63) is 48.2 Å². The molecule has 0 saturated heterocycles. The molecule has 0 spiro atoms. The molecule has 1 aromatic heterocycles. The molecule has 0 amide bonds. The van der Waals surface area contributed by atoms with Crippen LogP contribution in [0, 0.1) is 6.92 Å². The summed E-state index contributed by atoms with van der Waals surface area (Å²) in [4.78, 5) is 4.08. The largest absolute Gasteiger partial charge is 0.491 e. The molecule has 1 unspecified atom stereocenters. The lowest BCUT2D eigenvalue weighted by Crippen LogP contribution is -2.26. The average Bonchev–Trinajstić information content (AvgIpc) is 2.52. The normalized spacial score (nSPS) is 11.8. The fourth-order valence-electron chi connectivity index (χ4n) is 1.80. The molecule has 0 aliphatic heterocycles. The number of aromatic nitrogens is 1. The number of nitrogens with zero attached hydrogens (tertiary/aromatic N) is 1. The lowest BCUT2D eigenvalue weighted by Gasteiger charge is -2.15. The van der Waals surface area contributed by atoms with E-state index in [0.717, 1.165) is 17.0 Å².